The number of carbonyl (C=O) groups excluding carboxylic acids is 1. The molecular weight excluding hydrogens is 494 g/mol. The highest BCUT2D eigenvalue weighted by Gasteiger charge is 2.47. The first-order valence-corrected chi connectivity index (χ1v) is 12.2. The number of ether oxygens (including phenoxy) is 2. The molecule has 0 saturated carbocycles. The minimum atomic E-state index is -3.95. The second kappa shape index (κ2) is 9.84. The Morgan fingerprint density at radius 3 is 2.64 bits per heavy atom. The van der Waals surface area contributed by atoms with Crippen LogP contribution in [0, 0.1) is 0 Å². The zero-order valence-electron chi connectivity index (χ0n) is 19.7. The summed E-state index contributed by atoms with van der Waals surface area (Å²) < 4.78 is 43.2. The molecule has 3 heterocycles. The van der Waals surface area contributed by atoms with Crippen LogP contribution in [0.3, 0.4) is 0 Å². The van der Waals surface area contributed by atoms with Crippen molar-refractivity contribution in [2.24, 2.45) is 7.05 Å². The van der Waals surface area contributed by atoms with Crippen LogP contribution in [0.4, 0.5) is 8.78 Å². The number of likely N-dealkylation sites (tertiary alicyclic amines) is 1. The van der Waals surface area contributed by atoms with Crippen LogP contribution in [-0.4, -0.2) is 64.4 Å². The Hall–Kier alpha value is -2.95. The van der Waals surface area contributed by atoms with E-state index in [-0.39, 0.29) is 12.1 Å². The molecule has 2 N–H and O–H groups in total. The van der Waals surface area contributed by atoms with Crippen molar-refractivity contribution in [1.29, 1.82) is 0 Å². The van der Waals surface area contributed by atoms with Crippen LogP contribution in [0.5, 0.6) is 11.5 Å². The van der Waals surface area contributed by atoms with Gasteiger partial charge in [-0.3, -0.25) is 4.79 Å². The van der Waals surface area contributed by atoms with Crippen molar-refractivity contribution >= 4 is 28.5 Å². The van der Waals surface area contributed by atoms with Gasteiger partial charge in [0.05, 0.1) is 17.1 Å². The number of alkyl halides is 2. The van der Waals surface area contributed by atoms with E-state index in [4.69, 9.17) is 21.1 Å². The number of aromatic nitrogens is 2. The Morgan fingerprint density at radius 2 is 1.89 bits per heavy atom. The highest BCUT2D eigenvalue weighted by atomic mass is 35.5. The third kappa shape index (κ3) is 4.72. The summed E-state index contributed by atoms with van der Waals surface area (Å²) in [5.41, 5.74) is 1.12. The maximum atomic E-state index is 15.5. The molecule has 0 aliphatic carbocycles. The fraction of sp³-hybridized carbons (Fsp3) is 0.440. The number of hydrogen-bond acceptors (Lipinski definition) is 6. The van der Waals surface area contributed by atoms with Crippen molar-refractivity contribution in [3.8, 4) is 11.5 Å². The summed E-state index contributed by atoms with van der Waals surface area (Å²) in [6, 6.07) is 8.56. The number of rotatable bonds is 7. The zero-order valence-corrected chi connectivity index (χ0v) is 20.5. The molecule has 2 aliphatic rings. The highest BCUT2D eigenvalue weighted by Crippen LogP contribution is 2.35. The van der Waals surface area contributed by atoms with Crippen LogP contribution in [0.2, 0.25) is 5.02 Å². The lowest BCUT2D eigenvalue weighted by atomic mass is 10.0. The van der Waals surface area contributed by atoms with Crippen LogP contribution in [-0.2, 0) is 17.8 Å². The second-order valence-electron chi connectivity index (χ2n) is 9.14. The third-order valence-electron chi connectivity index (χ3n) is 6.67. The van der Waals surface area contributed by atoms with E-state index >= 15 is 8.78 Å². The fourth-order valence-corrected chi connectivity index (χ4v) is 4.92. The lowest BCUT2D eigenvalue weighted by Crippen LogP contribution is -2.51. The second-order valence-corrected chi connectivity index (χ2v) is 9.57. The number of imidazole rings is 1. The topological polar surface area (TPSA) is 88.9 Å². The Morgan fingerprint density at radius 1 is 1.17 bits per heavy atom. The predicted molar refractivity (Wildman–Crippen MR) is 130 cm³/mol. The smallest absolute Gasteiger partial charge is 0.381 e. The van der Waals surface area contributed by atoms with Crippen LogP contribution in [0.25, 0.3) is 11.0 Å². The first-order chi connectivity index (χ1) is 17.2. The van der Waals surface area contributed by atoms with E-state index in [9.17, 15) is 9.90 Å². The molecule has 0 bridgehead atoms. The summed E-state index contributed by atoms with van der Waals surface area (Å²) >= 11 is 5.98. The molecule has 8 nitrogen and oxygen atoms in total. The number of amides is 1. The highest BCUT2D eigenvalue weighted by molar-refractivity contribution is 6.31. The van der Waals surface area contributed by atoms with Gasteiger partial charge in [0.15, 0.2) is 17.3 Å². The van der Waals surface area contributed by atoms with Gasteiger partial charge in [-0.2, -0.15) is 8.78 Å². The molecule has 36 heavy (non-hydrogen) atoms. The fourth-order valence-electron chi connectivity index (χ4n) is 4.76. The van der Waals surface area contributed by atoms with E-state index in [2.05, 4.69) is 10.3 Å². The van der Waals surface area contributed by atoms with Crippen molar-refractivity contribution in [3.63, 3.8) is 0 Å². The summed E-state index contributed by atoms with van der Waals surface area (Å²) in [6.07, 6.45) is 0.694. The van der Waals surface area contributed by atoms with E-state index in [0.29, 0.717) is 40.8 Å². The number of fused-ring (bicyclic) bond motifs is 2. The Labute approximate surface area is 211 Å². The minimum Gasteiger partial charge on any atom is -0.486 e. The average molecular weight is 521 g/mol. The van der Waals surface area contributed by atoms with Gasteiger partial charge >= 0.3 is 5.92 Å². The van der Waals surface area contributed by atoms with Gasteiger partial charge in [-0.1, -0.05) is 17.7 Å². The Kier molecular flexibility index (Phi) is 6.76. The number of benzene rings is 2. The number of aliphatic hydroxyl groups excluding tert-OH is 1. The van der Waals surface area contributed by atoms with E-state index < -0.39 is 29.8 Å². The van der Waals surface area contributed by atoms with Gasteiger partial charge < -0.3 is 29.4 Å². The predicted octanol–water partition coefficient (Wildman–Crippen LogP) is 3.40. The summed E-state index contributed by atoms with van der Waals surface area (Å²) in [5, 5.41) is 14.0. The van der Waals surface area contributed by atoms with Gasteiger partial charge in [0.2, 0.25) is 0 Å². The van der Waals surface area contributed by atoms with Crippen molar-refractivity contribution in [2.45, 2.75) is 30.9 Å². The third-order valence-corrected chi connectivity index (χ3v) is 6.90. The zero-order chi connectivity index (χ0) is 25.4. The molecule has 3 aromatic rings. The number of carbonyl (C=O) groups is 1. The molecule has 2 aliphatic heterocycles. The number of hydrogen-bond donors (Lipinski definition) is 2. The molecule has 1 saturated heterocycles. The Balaban J connectivity index is 1.42. The van der Waals surface area contributed by atoms with E-state index in [1.54, 1.807) is 30.3 Å². The van der Waals surface area contributed by atoms with Gasteiger partial charge in [0.25, 0.3) is 5.91 Å². The van der Waals surface area contributed by atoms with Crippen LogP contribution in [0.1, 0.15) is 30.3 Å². The van der Waals surface area contributed by atoms with Crippen molar-refractivity contribution < 1.29 is 28.2 Å². The van der Waals surface area contributed by atoms with E-state index in [0.717, 1.165) is 25.9 Å². The van der Waals surface area contributed by atoms with Gasteiger partial charge in [-0.05, 0) is 61.8 Å². The lowest BCUT2D eigenvalue weighted by Gasteiger charge is -2.30. The molecule has 2 aromatic carbocycles. The molecule has 0 radical (unpaired) electrons. The van der Waals surface area contributed by atoms with Crippen LogP contribution < -0.4 is 14.8 Å². The molecule has 0 spiro atoms. The molecule has 192 valence electrons. The Bertz CT molecular complexity index is 1280. The monoisotopic (exact) mass is 520 g/mol. The molecule has 5 rings (SSSR count). The number of aryl methyl sites for hydroxylation is 1. The van der Waals surface area contributed by atoms with Gasteiger partial charge in [0, 0.05) is 18.6 Å². The SMILES string of the molecule is Cn1c(C(F)(F)C(=O)NC(CN2CCCC2)C(O)c2ccc3c(c2)OCCO3)nc2cc(Cl)ccc21. The van der Waals surface area contributed by atoms with Crippen molar-refractivity contribution in [1.82, 2.24) is 19.8 Å². The summed E-state index contributed by atoms with van der Waals surface area (Å²) in [7, 11) is 1.42. The number of nitrogens with one attached hydrogen (secondary N) is 1. The first-order valence-electron chi connectivity index (χ1n) is 11.9. The summed E-state index contributed by atoms with van der Waals surface area (Å²) in [6.45, 7) is 2.54. The van der Waals surface area contributed by atoms with Gasteiger partial charge in [0.1, 0.15) is 19.3 Å². The van der Waals surface area contributed by atoms with Crippen LogP contribution in [0.15, 0.2) is 36.4 Å². The summed E-state index contributed by atoms with van der Waals surface area (Å²) in [5.74, 6) is -5.17. The number of halogens is 3. The molecule has 1 fully saturated rings. The molecule has 2 atom stereocenters. The molecule has 1 amide bonds. The van der Waals surface area contributed by atoms with Crippen molar-refractivity contribution in [3.05, 3.63) is 52.8 Å². The van der Waals surface area contributed by atoms with E-state index in [1.165, 1.54) is 17.7 Å². The maximum absolute atomic E-state index is 15.5. The minimum absolute atomic E-state index is 0.218. The molecule has 2 unspecified atom stereocenters. The van der Waals surface area contributed by atoms with Gasteiger partial charge in [-0.25, -0.2) is 4.98 Å². The number of aliphatic hydroxyl groups is 1. The van der Waals surface area contributed by atoms with E-state index in [1.807, 2.05) is 4.90 Å². The van der Waals surface area contributed by atoms with Crippen molar-refractivity contribution in [2.75, 3.05) is 32.8 Å². The van der Waals surface area contributed by atoms with Crippen LogP contribution >= 0.6 is 11.6 Å². The quantitative estimate of drug-likeness (QED) is 0.496. The maximum Gasteiger partial charge on any atom is 0.381 e. The lowest BCUT2D eigenvalue weighted by molar-refractivity contribution is -0.150. The standard InChI is InChI=1S/C25H27ClF2N4O4/c1-31-19-6-5-16(26)13-17(19)29-23(31)25(27,28)24(34)30-18(14-32-8-2-3-9-32)22(33)15-4-7-20-21(12-15)36-11-10-35-20/h4-7,12-13,18,22,33H,2-3,8-11,14H2,1H3,(H,30,34). The normalized spacial score (nSPS) is 17.8. The molecular formula is C25H27ClF2N4O4. The first kappa shape index (κ1) is 24.7. The molecule has 1 aromatic heterocycles. The largest absolute Gasteiger partial charge is 0.486 e. The molecule has 11 heteroatoms. The summed E-state index contributed by atoms with van der Waals surface area (Å²) in [4.78, 5) is 19.0. The number of nitrogens with zero attached hydrogens (tertiary/aromatic N) is 3. The van der Waals surface area contributed by atoms with Gasteiger partial charge in [-0.15, -0.1) is 0 Å². The average Bonchev–Trinajstić information content (AvgIpc) is 3.50.